The van der Waals surface area contributed by atoms with Gasteiger partial charge in [-0.05, 0) is 76.2 Å². The second-order valence-corrected chi connectivity index (χ2v) is 11.4. The number of rotatable bonds is 6. The van der Waals surface area contributed by atoms with E-state index in [1.807, 2.05) is 119 Å². The monoisotopic (exact) mass is 597 g/mol. The van der Waals surface area contributed by atoms with E-state index in [4.69, 9.17) is 24.9 Å². The van der Waals surface area contributed by atoms with Gasteiger partial charge in [0.15, 0.2) is 23.3 Å². The number of hydrogen-bond donors (Lipinski definition) is 0. The van der Waals surface area contributed by atoms with Crippen LogP contribution in [-0.2, 0) is 0 Å². The fourth-order valence-electron chi connectivity index (χ4n) is 5.46. The smallest absolute Gasteiger partial charge is 0.164 e. The van der Waals surface area contributed by atoms with Gasteiger partial charge in [0, 0.05) is 56.2 Å². The third kappa shape index (κ3) is 6.16. The average molecular weight is 598 g/mol. The van der Waals surface area contributed by atoms with Gasteiger partial charge in [0.1, 0.15) is 0 Å². The predicted molar refractivity (Wildman–Crippen MR) is 183 cm³/mol. The molecule has 46 heavy (non-hydrogen) atoms. The molecule has 4 aromatic heterocycles. The Morgan fingerprint density at radius 2 is 0.609 bits per heavy atom. The molecular formula is C39H31N7. The highest BCUT2D eigenvalue weighted by Crippen LogP contribution is 2.30. The van der Waals surface area contributed by atoms with Crippen molar-refractivity contribution in [3.05, 3.63) is 138 Å². The molecule has 4 heterocycles. The van der Waals surface area contributed by atoms with Gasteiger partial charge in [-0.2, -0.15) is 0 Å². The Morgan fingerprint density at radius 3 is 1.00 bits per heavy atom. The Balaban J connectivity index is 1.38. The summed E-state index contributed by atoms with van der Waals surface area (Å²) < 4.78 is 0. The minimum Gasteiger partial charge on any atom is -0.253 e. The van der Waals surface area contributed by atoms with Crippen LogP contribution in [0.5, 0.6) is 0 Å². The molecule has 0 radical (unpaired) electrons. The standard InChI is InChI=1S/C39H31N7/c1-24-10-5-18-34(40-24)28-12-7-14-30(21-28)37-44-38(31-15-8-13-29(22-31)35-19-6-11-25(2)41-35)46-39(45-37)33-17-9-16-32(23-33)36-42-26(3)20-27(4)43-36/h5-23H,1-4H3. The van der Waals surface area contributed by atoms with Crippen LogP contribution in [0.4, 0.5) is 0 Å². The topological polar surface area (TPSA) is 90.2 Å². The van der Waals surface area contributed by atoms with Crippen LogP contribution in [0.3, 0.4) is 0 Å². The van der Waals surface area contributed by atoms with Crippen molar-refractivity contribution in [3.63, 3.8) is 0 Å². The van der Waals surface area contributed by atoms with E-state index >= 15 is 0 Å². The molecule has 7 rings (SSSR count). The molecule has 7 nitrogen and oxygen atoms in total. The van der Waals surface area contributed by atoms with E-state index in [1.165, 1.54) is 0 Å². The van der Waals surface area contributed by atoms with E-state index in [-0.39, 0.29) is 0 Å². The summed E-state index contributed by atoms with van der Waals surface area (Å²) in [6.07, 6.45) is 0. The second-order valence-electron chi connectivity index (χ2n) is 11.4. The van der Waals surface area contributed by atoms with Crippen molar-refractivity contribution in [2.45, 2.75) is 27.7 Å². The molecule has 0 atom stereocenters. The van der Waals surface area contributed by atoms with Gasteiger partial charge in [-0.25, -0.2) is 24.9 Å². The molecule has 7 heteroatoms. The molecule has 0 unspecified atom stereocenters. The number of pyridine rings is 2. The number of hydrogen-bond acceptors (Lipinski definition) is 7. The number of benzene rings is 3. The molecule has 0 aliphatic heterocycles. The molecule has 0 aliphatic carbocycles. The van der Waals surface area contributed by atoms with Gasteiger partial charge in [-0.3, -0.25) is 9.97 Å². The predicted octanol–water partition coefficient (Wildman–Crippen LogP) is 8.69. The van der Waals surface area contributed by atoms with Gasteiger partial charge < -0.3 is 0 Å². The van der Waals surface area contributed by atoms with Crippen molar-refractivity contribution in [2.75, 3.05) is 0 Å². The van der Waals surface area contributed by atoms with Crippen LogP contribution < -0.4 is 0 Å². The first-order valence-corrected chi connectivity index (χ1v) is 15.2. The van der Waals surface area contributed by atoms with Gasteiger partial charge in [-0.15, -0.1) is 0 Å². The molecule has 0 saturated heterocycles. The van der Waals surface area contributed by atoms with Crippen molar-refractivity contribution in [1.29, 1.82) is 0 Å². The first-order chi connectivity index (χ1) is 22.4. The van der Waals surface area contributed by atoms with Gasteiger partial charge >= 0.3 is 0 Å². The van der Waals surface area contributed by atoms with Gasteiger partial charge in [0.25, 0.3) is 0 Å². The third-order valence-corrected chi connectivity index (χ3v) is 7.61. The Bertz CT molecular complexity index is 2100. The van der Waals surface area contributed by atoms with Gasteiger partial charge in [0.05, 0.1) is 11.4 Å². The van der Waals surface area contributed by atoms with Crippen LogP contribution in [-0.4, -0.2) is 34.9 Å². The van der Waals surface area contributed by atoms with Crippen molar-refractivity contribution < 1.29 is 0 Å². The van der Waals surface area contributed by atoms with E-state index in [0.717, 1.165) is 67.5 Å². The SMILES string of the molecule is Cc1cccc(-c2cccc(-c3nc(-c4cccc(-c5cccc(C)n5)c4)nc(-c4cccc(-c5nc(C)cc(C)n5)c4)n3)c2)n1. The van der Waals surface area contributed by atoms with Crippen LogP contribution in [0.2, 0.25) is 0 Å². The molecule has 0 bridgehead atoms. The molecule has 0 saturated carbocycles. The summed E-state index contributed by atoms with van der Waals surface area (Å²) in [5.41, 5.74) is 11.0. The maximum absolute atomic E-state index is 5.02. The number of nitrogens with zero attached hydrogens (tertiary/aromatic N) is 7. The maximum atomic E-state index is 5.02. The molecular weight excluding hydrogens is 566 g/mol. The van der Waals surface area contributed by atoms with Crippen molar-refractivity contribution >= 4 is 0 Å². The van der Waals surface area contributed by atoms with E-state index < -0.39 is 0 Å². The third-order valence-electron chi connectivity index (χ3n) is 7.61. The fraction of sp³-hybridized carbons (Fsp3) is 0.103. The molecule has 0 N–H and O–H groups in total. The molecule has 3 aromatic carbocycles. The number of aryl methyl sites for hydroxylation is 4. The van der Waals surface area contributed by atoms with Crippen LogP contribution >= 0.6 is 0 Å². The Labute approximate surface area is 268 Å². The zero-order valence-electron chi connectivity index (χ0n) is 26.1. The lowest BCUT2D eigenvalue weighted by atomic mass is 10.0. The highest BCUT2D eigenvalue weighted by molar-refractivity contribution is 5.74. The van der Waals surface area contributed by atoms with Crippen LogP contribution in [0.25, 0.3) is 68.1 Å². The first kappa shape index (κ1) is 28.8. The quantitative estimate of drug-likeness (QED) is 0.189. The normalized spacial score (nSPS) is 11.0. The zero-order valence-corrected chi connectivity index (χ0v) is 26.1. The minimum atomic E-state index is 0.560. The fourth-order valence-corrected chi connectivity index (χ4v) is 5.46. The maximum Gasteiger partial charge on any atom is 0.164 e. The van der Waals surface area contributed by atoms with E-state index in [1.54, 1.807) is 0 Å². The summed E-state index contributed by atoms with van der Waals surface area (Å²) in [5.74, 6) is 2.37. The van der Waals surface area contributed by atoms with E-state index in [0.29, 0.717) is 23.3 Å². The van der Waals surface area contributed by atoms with E-state index in [9.17, 15) is 0 Å². The lowest BCUT2D eigenvalue weighted by Crippen LogP contribution is -2.01. The molecule has 0 aliphatic rings. The lowest BCUT2D eigenvalue weighted by Gasteiger charge is -2.11. The van der Waals surface area contributed by atoms with E-state index in [2.05, 4.69) is 34.2 Å². The summed E-state index contributed by atoms with van der Waals surface area (Å²) in [7, 11) is 0. The van der Waals surface area contributed by atoms with Crippen molar-refractivity contribution in [2.24, 2.45) is 0 Å². The van der Waals surface area contributed by atoms with Gasteiger partial charge in [-0.1, -0.05) is 66.7 Å². The highest BCUT2D eigenvalue weighted by atomic mass is 15.0. The Hall–Kier alpha value is -5.95. The lowest BCUT2D eigenvalue weighted by molar-refractivity contribution is 1.06. The molecule has 0 fully saturated rings. The largest absolute Gasteiger partial charge is 0.253 e. The Morgan fingerprint density at radius 1 is 0.283 bits per heavy atom. The summed E-state index contributed by atoms with van der Waals surface area (Å²) in [5, 5.41) is 0. The highest BCUT2D eigenvalue weighted by Gasteiger charge is 2.15. The zero-order chi connectivity index (χ0) is 31.6. The van der Waals surface area contributed by atoms with Crippen molar-refractivity contribution in [1.82, 2.24) is 34.9 Å². The minimum absolute atomic E-state index is 0.560. The summed E-state index contributed by atoms with van der Waals surface area (Å²) in [4.78, 5) is 33.9. The summed E-state index contributed by atoms with van der Waals surface area (Å²) in [6.45, 7) is 7.95. The Kier molecular flexibility index (Phi) is 7.64. The second kappa shape index (κ2) is 12.2. The van der Waals surface area contributed by atoms with Crippen LogP contribution in [0, 0.1) is 27.7 Å². The molecule has 7 aromatic rings. The molecule has 0 spiro atoms. The van der Waals surface area contributed by atoms with Gasteiger partial charge in [0.2, 0.25) is 0 Å². The summed E-state index contributed by atoms with van der Waals surface area (Å²) >= 11 is 0. The number of aromatic nitrogens is 7. The average Bonchev–Trinajstić information content (AvgIpc) is 3.08. The molecule has 0 amide bonds. The molecule has 222 valence electrons. The van der Waals surface area contributed by atoms with Crippen LogP contribution in [0.15, 0.2) is 115 Å². The van der Waals surface area contributed by atoms with Crippen molar-refractivity contribution in [3.8, 4) is 68.1 Å². The van der Waals surface area contributed by atoms with Crippen LogP contribution in [0.1, 0.15) is 22.8 Å². The first-order valence-electron chi connectivity index (χ1n) is 15.2. The summed E-state index contributed by atoms with van der Waals surface area (Å²) in [6, 6.07) is 38.4.